The van der Waals surface area contributed by atoms with Gasteiger partial charge in [0.15, 0.2) is 6.61 Å². The first-order chi connectivity index (χ1) is 7.19. The van der Waals surface area contributed by atoms with E-state index in [0.29, 0.717) is 0 Å². The number of amides is 1. The standard InChI is InChI=1S/C9H17F3N2O2/c1-6(2)7(4-13)14(3)8(15)16-5-9(10,11)12/h6-7H,4-5,13H2,1-3H3/t7-/m1/s1. The van der Waals surface area contributed by atoms with Crippen LogP contribution in [-0.2, 0) is 4.74 Å². The fourth-order valence-corrected chi connectivity index (χ4v) is 1.26. The van der Waals surface area contributed by atoms with Crippen molar-refractivity contribution in [2.24, 2.45) is 11.7 Å². The lowest BCUT2D eigenvalue weighted by molar-refractivity contribution is -0.162. The van der Waals surface area contributed by atoms with Crippen LogP contribution in [0.15, 0.2) is 0 Å². The predicted molar refractivity (Wildman–Crippen MR) is 52.8 cm³/mol. The van der Waals surface area contributed by atoms with Crippen LogP contribution in [0.5, 0.6) is 0 Å². The number of likely N-dealkylation sites (N-methyl/N-ethyl adjacent to an activating group) is 1. The lowest BCUT2D eigenvalue weighted by Gasteiger charge is -2.29. The molecule has 1 atom stereocenters. The fourth-order valence-electron chi connectivity index (χ4n) is 1.26. The van der Waals surface area contributed by atoms with E-state index in [9.17, 15) is 18.0 Å². The molecule has 0 saturated carbocycles. The van der Waals surface area contributed by atoms with E-state index in [2.05, 4.69) is 4.74 Å². The van der Waals surface area contributed by atoms with Gasteiger partial charge in [0.1, 0.15) is 0 Å². The lowest BCUT2D eigenvalue weighted by atomic mass is 10.0. The number of ether oxygens (including phenoxy) is 1. The van der Waals surface area contributed by atoms with Crippen molar-refractivity contribution in [2.45, 2.75) is 26.1 Å². The third-order valence-corrected chi connectivity index (χ3v) is 2.16. The fraction of sp³-hybridized carbons (Fsp3) is 0.889. The van der Waals surface area contributed by atoms with Crippen LogP contribution < -0.4 is 5.73 Å². The first-order valence-corrected chi connectivity index (χ1v) is 4.85. The van der Waals surface area contributed by atoms with Crippen molar-refractivity contribution in [3.05, 3.63) is 0 Å². The van der Waals surface area contributed by atoms with E-state index in [-0.39, 0.29) is 18.5 Å². The van der Waals surface area contributed by atoms with Crippen molar-refractivity contribution in [2.75, 3.05) is 20.2 Å². The number of hydrogen-bond donors (Lipinski definition) is 1. The van der Waals surface area contributed by atoms with Crippen LogP contribution in [0.3, 0.4) is 0 Å². The summed E-state index contributed by atoms with van der Waals surface area (Å²) in [5.74, 6) is 0.0495. The molecule has 0 aromatic rings. The van der Waals surface area contributed by atoms with E-state index in [1.807, 2.05) is 13.8 Å². The Morgan fingerprint density at radius 2 is 1.94 bits per heavy atom. The van der Waals surface area contributed by atoms with Gasteiger partial charge in [-0.05, 0) is 5.92 Å². The summed E-state index contributed by atoms with van der Waals surface area (Å²) in [6.07, 6.45) is -5.52. The minimum atomic E-state index is -4.51. The Balaban J connectivity index is 4.27. The SMILES string of the molecule is CC(C)[C@@H](CN)N(C)C(=O)OCC(F)(F)F. The first kappa shape index (κ1) is 15.0. The van der Waals surface area contributed by atoms with Crippen LogP contribution in [0, 0.1) is 5.92 Å². The molecule has 0 radical (unpaired) electrons. The topological polar surface area (TPSA) is 55.6 Å². The molecule has 16 heavy (non-hydrogen) atoms. The van der Waals surface area contributed by atoms with Crippen molar-refractivity contribution < 1.29 is 22.7 Å². The molecule has 2 N–H and O–H groups in total. The second-order valence-electron chi connectivity index (χ2n) is 3.83. The summed E-state index contributed by atoms with van der Waals surface area (Å²) in [6, 6.07) is -0.333. The summed E-state index contributed by atoms with van der Waals surface area (Å²) >= 11 is 0. The van der Waals surface area contributed by atoms with E-state index >= 15 is 0 Å². The summed E-state index contributed by atoms with van der Waals surface area (Å²) in [5, 5.41) is 0. The number of carbonyl (C=O) groups excluding carboxylic acids is 1. The van der Waals surface area contributed by atoms with Crippen molar-refractivity contribution in [3.8, 4) is 0 Å². The minimum absolute atomic E-state index is 0.0495. The first-order valence-electron chi connectivity index (χ1n) is 4.85. The molecule has 1 amide bonds. The molecule has 0 fully saturated rings. The zero-order chi connectivity index (χ0) is 12.9. The maximum absolute atomic E-state index is 11.8. The van der Waals surface area contributed by atoms with E-state index in [1.54, 1.807) is 0 Å². The molecule has 0 spiro atoms. The average Bonchev–Trinajstić information content (AvgIpc) is 2.13. The number of hydrogen-bond acceptors (Lipinski definition) is 3. The maximum atomic E-state index is 11.8. The third-order valence-electron chi connectivity index (χ3n) is 2.16. The van der Waals surface area contributed by atoms with Gasteiger partial charge < -0.3 is 15.4 Å². The normalized spacial score (nSPS) is 13.8. The van der Waals surface area contributed by atoms with Gasteiger partial charge in [0.25, 0.3) is 0 Å². The molecule has 0 aliphatic heterocycles. The molecule has 96 valence electrons. The molecule has 0 aromatic carbocycles. The molecular formula is C9H17F3N2O2. The van der Waals surface area contributed by atoms with Gasteiger partial charge >= 0.3 is 12.3 Å². The lowest BCUT2D eigenvalue weighted by Crippen LogP contribution is -2.45. The number of nitrogens with two attached hydrogens (primary N) is 1. The summed E-state index contributed by atoms with van der Waals surface area (Å²) in [5.41, 5.74) is 5.42. The zero-order valence-corrected chi connectivity index (χ0v) is 9.54. The molecule has 0 aliphatic carbocycles. The van der Waals surface area contributed by atoms with Crippen LogP contribution in [-0.4, -0.2) is 43.4 Å². The van der Waals surface area contributed by atoms with Gasteiger partial charge in [0.2, 0.25) is 0 Å². The van der Waals surface area contributed by atoms with E-state index in [0.717, 1.165) is 4.90 Å². The Morgan fingerprint density at radius 3 is 2.25 bits per heavy atom. The van der Waals surface area contributed by atoms with Crippen LogP contribution >= 0.6 is 0 Å². The van der Waals surface area contributed by atoms with Gasteiger partial charge in [0, 0.05) is 19.6 Å². The third kappa shape index (κ3) is 5.20. The maximum Gasteiger partial charge on any atom is 0.422 e. The Kier molecular flexibility index (Phi) is 5.57. The van der Waals surface area contributed by atoms with Gasteiger partial charge in [-0.3, -0.25) is 0 Å². The molecule has 0 aliphatic rings. The molecule has 0 unspecified atom stereocenters. The largest absolute Gasteiger partial charge is 0.440 e. The van der Waals surface area contributed by atoms with E-state index < -0.39 is 18.9 Å². The molecule has 0 heterocycles. The van der Waals surface area contributed by atoms with Crippen molar-refractivity contribution in [1.82, 2.24) is 4.90 Å². The summed E-state index contributed by atoms with van der Waals surface area (Å²) in [6.45, 7) is 2.25. The summed E-state index contributed by atoms with van der Waals surface area (Å²) < 4.78 is 39.5. The zero-order valence-electron chi connectivity index (χ0n) is 9.54. The van der Waals surface area contributed by atoms with E-state index in [1.165, 1.54) is 7.05 Å². The smallest absolute Gasteiger partial charge is 0.422 e. The van der Waals surface area contributed by atoms with E-state index in [4.69, 9.17) is 5.73 Å². The highest BCUT2D eigenvalue weighted by Crippen LogP contribution is 2.16. The van der Waals surface area contributed by atoms with Crippen LogP contribution in [0.4, 0.5) is 18.0 Å². The number of nitrogens with zero attached hydrogens (tertiary/aromatic N) is 1. The van der Waals surface area contributed by atoms with Crippen molar-refractivity contribution in [3.63, 3.8) is 0 Å². The highest BCUT2D eigenvalue weighted by atomic mass is 19.4. The Labute approximate surface area is 92.5 Å². The van der Waals surface area contributed by atoms with Gasteiger partial charge in [-0.1, -0.05) is 13.8 Å². The second kappa shape index (κ2) is 5.93. The molecule has 7 heteroatoms. The number of halogens is 3. The summed E-state index contributed by atoms with van der Waals surface area (Å²) in [4.78, 5) is 12.3. The van der Waals surface area contributed by atoms with Crippen LogP contribution in [0.1, 0.15) is 13.8 Å². The Hall–Kier alpha value is -0.980. The minimum Gasteiger partial charge on any atom is -0.440 e. The summed E-state index contributed by atoms with van der Waals surface area (Å²) in [7, 11) is 1.37. The highest BCUT2D eigenvalue weighted by Gasteiger charge is 2.31. The molecule has 0 saturated heterocycles. The van der Waals surface area contributed by atoms with Gasteiger partial charge in [-0.25, -0.2) is 4.79 Å². The molecular weight excluding hydrogens is 225 g/mol. The van der Waals surface area contributed by atoms with Gasteiger partial charge in [0.05, 0.1) is 0 Å². The highest BCUT2D eigenvalue weighted by molar-refractivity contribution is 5.67. The monoisotopic (exact) mass is 242 g/mol. The molecule has 0 bridgehead atoms. The molecule has 0 aromatic heterocycles. The number of alkyl halides is 3. The predicted octanol–water partition coefficient (Wildman–Crippen LogP) is 1.60. The van der Waals surface area contributed by atoms with Crippen molar-refractivity contribution >= 4 is 6.09 Å². The second-order valence-corrected chi connectivity index (χ2v) is 3.83. The average molecular weight is 242 g/mol. The molecule has 4 nitrogen and oxygen atoms in total. The van der Waals surface area contributed by atoms with Gasteiger partial charge in [-0.15, -0.1) is 0 Å². The Morgan fingerprint density at radius 1 is 1.44 bits per heavy atom. The number of carbonyl (C=O) groups is 1. The van der Waals surface area contributed by atoms with Gasteiger partial charge in [-0.2, -0.15) is 13.2 Å². The van der Waals surface area contributed by atoms with Crippen molar-refractivity contribution in [1.29, 1.82) is 0 Å². The number of rotatable bonds is 4. The molecule has 0 rings (SSSR count). The van der Waals surface area contributed by atoms with Crippen LogP contribution in [0.2, 0.25) is 0 Å². The quantitative estimate of drug-likeness (QED) is 0.814. The van der Waals surface area contributed by atoms with Crippen LogP contribution in [0.25, 0.3) is 0 Å². The Bertz CT molecular complexity index is 231.